The zero-order chi connectivity index (χ0) is 21.4. The topological polar surface area (TPSA) is 35.5 Å². The van der Waals surface area contributed by atoms with Gasteiger partial charge in [-0.3, -0.25) is 4.79 Å². The number of hydrogen-bond acceptors (Lipinski definition) is 3. The van der Waals surface area contributed by atoms with Gasteiger partial charge in [0.1, 0.15) is 29.7 Å². The highest BCUT2D eigenvalue weighted by atomic mass is 35.5. The molecule has 0 amide bonds. The molecule has 152 valence electrons. The van der Waals surface area contributed by atoms with Crippen molar-refractivity contribution in [2.75, 3.05) is 0 Å². The predicted molar refractivity (Wildman–Crippen MR) is 111 cm³/mol. The first-order valence-electron chi connectivity index (χ1n) is 8.94. The van der Waals surface area contributed by atoms with Gasteiger partial charge >= 0.3 is 0 Å². The number of Topliss-reactive ketones (excluding diaryl/α,β-unsaturated/α-hetero) is 1. The Labute approximate surface area is 181 Å². The summed E-state index contributed by atoms with van der Waals surface area (Å²) < 4.78 is 39.0. The van der Waals surface area contributed by atoms with Crippen LogP contribution in [0.1, 0.15) is 27.0 Å². The van der Waals surface area contributed by atoms with E-state index in [0.717, 1.165) is 12.1 Å². The molecule has 1 aliphatic rings. The van der Waals surface area contributed by atoms with Gasteiger partial charge in [0, 0.05) is 21.2 Å². The van der Waals surface area contributed by atoms with Gasteiger partial charge in [-0.1, -0.05) is 35.3 Å². The number of carbonyl (C=O) groups is 1. The minimum Gasteiger partial charge on any atom is -0.488 e. The van der Waals surface area contributed by atoms with Gasteiger partial charge in [-0.25, -0.2) is 8.78 Å². The van der Waals surface area contributed by atoms with Crippen LogP contribution >= 0.6 is 23.2 Å². The van der Waals surface area contributed by atoms with Crippen molar-refractivity contribution in [2.45, 2.75) is 13.5 Å². The molecule has 0 atom stereocenters. The first-order valence-corrected chi connectivity index (χ1v) is 9.70. The summed E-state index contributed by atoms with van der Waals surface area (Å²) in [6.45, 7) is 1.40. The van der Waals surface area contributed by atoms with Gasteiger partial charge in [0.05, 0.1) is 11.1 Å². The van der Waals surface area contributed by atoms with E-state index in [2.05, 4.69) is 0 Å². The fraction of sp³-hybridized carbons (Fsp3) is 0.0870. The SMILES string of the molecule is Cc1c(OCc2c(F)cccc2F)ccc2c1O/C(=C\c1c(Cl)cccc1Cl)C2=O. The van der Waals surface area contributed by atoms with E-state index in [1.165, 1.54) is 12.1 Å². The summed E-state index contributed by atoms with van der Waals surface area (Å²) in [5, 5.41) is 0.769. The van der Waals surface area contributed by atoms with Gasteiger partial charge in [0.25, 0.3) is 0 Å². The lowest BCUT2D eigenvalue weighted by atomic mass is 10.1. The van der Waals surface area contributed by atoms with E-state index < -0.39 is 11.6 Å². The van der Waals surface area contributed by atoms with E-state index in [9.17, 15) is 13.6 Å². The van der Waals surface area contributed by atoms with Gasteiger partial charge in [0.2, 0.25) is 5.78 Å². The van der Waals surface area contributed by atoms with E-state index >= 15 is 0 Å². The molecule has 0 aliphatic carbocycles. The third-order valence-corrected chi connectivity index (χ3v) is 5.40. The normalized spacial score (nSPS) is 14.0. The summed E-state index contributed by atoms with van der Waals surface area (Å²) in [6.07, 6.45) is 1.49. The molecule has 7 heteroatoms. The van der Waals surface area contributed by atoms with Crippen molar-refractivity contribution in [3.8, 4) is 11.5 Å². The Morgan fingerprint density at radius 3 is 2.30 bits per heavy atom. The summed E-state index contributed by atoms with van der Waals surface area (Å²) in [7, 11) is 0. The van der Waals surface area contributed by atoms with Crippen molar-refractivity contribution in [2.24, 2.45) is 0 Å². The quantitative estimate of drug-likeness (QED) is 0.414. The first-order chi connectivity index (χ1) is 14.4. The first kappa shape index (κ1) is 20.4. The average molecular weight is 447 g/mol. The second-order valence-electron chi connectivity index (χ2n) is 6.63. The van der Waals surface area contributed by atoms with Gasteiger partial charge in [-0.05, 0) is 49.4 Å². The third-order valence-electron chi connectivity index (χ3n) is 4.75. The molecule has 1 aliphatic heterocycles. The zero-order valence-electron chi connectivity index (χ0n) is 15.6. The van der Waals surface area contributed by atoms with Crippen molar-refractivity contribution in [1.29, 1.82) is 0 Å². The summed E-state index contributed by atoms with van der Waals surface area (Å²) in [6, 6.07) is 11.7. The van der Waals surface area contributed by atoms with Crippen LogP contribution in [-0.2, 0) is 6.61 Å². The van der Waals surface area contributed by atoms with E-state index in [4.69, 9.17) is 32.7 Å². The van der Waals surface area contributed by atoms with Gasteiger partial charge in [-0.2, -0.15) is 0 Å². The number of hydrogen-bond donors (Lipinski definition) is 0. The average Bonchev–Trinajstić information content (AvgIpc) is 3.02. The Kier molecular flexibility index (Phi) is 5.50. The molecule has 0 saturated carbocycles. The van der Waals surface area contributed by atoms with Crippen LogP contribution in [0.4, 0.5) is 8.78 Å². The van der Waals surface area contributed by atoms with Crippen LogP contribution in [0.5, 0.6) is 11.5 Å². The molecule has 0 N–H and O–H groups in total. The molecule has 0 radical (unpaired) electrons. The lowest BCUT2D eigenvalue weighted by Gasteiger charge is -2.12. The number of fused-ring (bicyclic) bond motifs is 1. The molecule has 0 spiro atoms. The smallest absolute Gasteiger partial charge is 0.231 e. The van der Waals surface area contributed by atoms with E-state index in [1.54, 1.807) is 37.3 Å². The number of rotatable bonds is 4. The predicted octanol–water partition coefficient (Wildman–Crippen LogP) is 6.78. The van der Waals surface area contributed by atoms with Crippen LogP contribution in [0, 0.1) is 18.6 Å². The van der Waals surface area contributed by atoms with Crippen molar-refractivity contribution in [3.05, 3.63) is 98.2 Å². The van der Waals surface area contributed by atoms with Crippen molar-refractivity contribution in [1.82, 2.24) is 0 Å². The summed E-state index contributed by atoms with van der Waals surface area (Å²) in [5.41, 5.74) is 1.18. The van der Waals surface area contributed by atoms with E-state index in [0.29, 0.717) is 38.2 Å². The van der Waals surface area contributed by atoms with E-state index in [-0.39, 0.29) is 23.7 Å². The number of ketones is 1. The van der Waals surface area contributed by atoms with Crippen LogP contribution in [0.3, 0.4) is 0 Å². The van der Waals surface area contributed by atoms with Gasteiger partial charge in [0.15, 0.2) is 5.76 Å². The Morgan fingerprint density at radius 2 is 1.63 bits per heavy atom. The zero-order valence-corrected chi connectivity index (χ0v) is 17.2. The Bertz CT molecular complexity index is 1160. The molecule has 0 fully saturated rings. The second kappa shape index (κ2) is 8.09. The minimum absolute atomic E-state index is 0.0698. The summed E-state index contributed by atoms with van der Waals surface area (Å²) in [5.74, 6) is -0.970. The number of carbonyl (C=O) groups excluding carboxylic acids is 1. The molecule has 3 nitrogen and oxygen atoms in total. The standard InChI is InChI=1S/C23H14Cl2F2O3/c1-12-20(29-11-15-18(26)6-3-7-19(15)27)9-8-13-22(28)21(30-23(12)13)10-14-16(24)4-2-5-17(14)25/h2-10H,11H2,1H3/b21-10-. The lowest BCUT2D eigenvalue weighted by Crippen LogP contribution is -2.03. The molecule has 4 rings (SSSR count). The maximum atomic E-state index is 13.8. The fourth-order valence-corrected chi connectivity index (χ4v) is 3.63. The van der Waals surface area contributed by atoms with Gasteiger partial charge < -0.3 is 9.47 Å². The molecule has 30 heavy (non-hydrogen) atoms. The molecule has 3 aromatic carbocycles. The van der Waals surface area contributed by atoms with Crippen LogP contribution < -0.4 is 9.47 Å². The monoisotopic (exact) mass is 446 g/mol. The van der Waals surface area contributed by atoms with Crippen molar-refractivity contribution < 1.29 is 23.0 Å². The minimum atomic E-state index is -0.693. The maximum Gasteiger partial charge on any atom is 0.231 e. The number of ether oxygens (including phenoxy) is 2. The number of allylic oxidation sites excluding steroid dienone is 1. The van der Waals surface area contributed by atoms with Crippen LogP contribution in [0.25, 0.3) is 6.08 Å². The molecule has 1 heterocycles. The highest BCUT2D eigenvalue weighted by molar-refractivity contribution is 6.37. The fourth-order valence-electron chi connectivity index (χ4n) is 3.12. The van der Waals surface area contributed by atoms with Crippen molar-refractivity contribution >= 4 is 35.1 Å². The number of benzene rings is 3. The van der Waals surface area contributed by atoms with Crippen LogP contribution in [0.2, 0.25) is 10.0 Å². The molecule has 3 aromatic rings. The Hall–Kier alpha value is -2.89. The highest BCUT2D eigenvalue weighted by Crippen LogP contribution is 2.40. The molecule has 0 bridgehead atoms. The van der Waals surface area contributed by atoms with Crippen molar-refractivity contribution in [3.63, 3.8) is 0 Å². The molecule has 0 unspecified atom stereocenters. The molecule has 0 aromatic heterocycles. The van der Waals surface area contributed by atoms with Crippen LogP contribution in [0.15, 0.2) is 54.3 Å². The highest BCUT2D eigenvalue weighted by Gasteiger charge is 2.30. The summed E-state index contributed by atoms with van der Waals surface area (Å²) in [4.78, 5) is 12.7. The largest absolute Gasteiger partial charge is 0.488 e. The molecule has 0 saturated heterocycles. The lowest BCUT2D eigenvalue weighted by molar-refractivity contribution is 0.101. The molecular formula is C23H14Cl2F2O3. The summed E-state index contributed by atoms with van der Waals surface area (Å²) >= 11 is 12.3. The Balaban J connectivity index is 1.63. The third kappa shape index (κ3) is 3.66. The van der Waals surface area contributed by atoms with E-state index in [1.807, 2.05) is 0 Å². The second-order valence-corrected chi connectivity index (χ2v) is 7.44. The van der Waals surface area contributed by atoms with Gasteiger partial charge in [-0.15, -0.1) is 0 Å². The van der Waals surface area contributed by atoms with Crippen LogP contribution in [-0.4, -0.2) is 5.78 Å². The Morgan fingerprint density at radius 1 is 1.00 bits per heavy atom. The maximum absolute atomic E-state index is 13.8. The number of halogens is 4. The molecular weight excluding hydrogens is 433 g/mol.